The van der Waals surface area contributed by atoms with Gasteiger partial charge < -0.3 is 4.90 Å². The van der Waals surface area contributed by atoms with Crippen LogP contribution in [0.1, 0.15) is 42.4 Å². The van der Waals surface area contributed by atoms with Gasteiger partial charge in [-0.3, -0.25) is 9.69 Å². The second kappa shape index (κ2) is 10.1. The van der Waals surface area contributed by atoms with E-state index in [1.165, 1.54) is 11.1 Å². The van der Waals surface area contributed by atoms with Crippen LogP contribution >= 0.6 is 0 Å². The van der Waals surface area contributed by atoms with Crippen molar-refractivity contribution < 1.29 is 13.2 Å². The predicted octanol–water partition coefficient (Wildman–Crippen LogP) is 3.10. The zero-order valence-electron chi connectivity index (χ0n) is 18.8. The van der Waals surface area contributed by atoms with E-state index in [9.17, 15) is 13.2 Å². The Morgan fingerprint density at radius 2 is 1.75 bits per heavy atom. The molecule has 32 heavy (non-hydrogen) atoms. The van der Waals surface area contributed by atoms with Crippen LogP contribution in [-0.2, 0) is 27.8 Å². The fourth-order valence-electron chi connectivity index (χ4n) is 4.14. The number of benzene rings is 2. The lowest BCUT2D eigenvalue weighted by Crippen LogP contribution is -2.35. The number of hydrogen-bond acceptors (Lipinski definition) is 4. The summed E-state index contributed by atoms with van der Waals surface area (Å²) in [4.78, 5) is 17.5. The molecule has 6 nitrogen and oxygen atoms in total. The fraction of sp³-hybridized carbons (Fsp3) is 0.480. The van der Waals surface area contributed by atoms with Crippen LogP contribution in [0.3, 0.4) is 0 Å². The maximum Gasteiger partial charge on any atom is 0.240 e. The Morgan fingerprint density at radius 1 is 1.00 bits per heavy atom. The summed E-state index contributed by atoms with van der Waals surface area (Å²) in [5, 5.41) is 0. The number of hydrogen-bond donors (Lipinski definition) is 1. The molecular weight excluding hydrogens is 422 g/mol. The molecule has 172 valence electrons. The average molecular weight is 456 g/mol. The van der Waals surface area contributed by atoms with Gasteiger partial charge in [-0.1, -0.05) is 36.4 Å². The summed E-state index contributed by atoms with van der Waals surface area (Å²) in [6, 6.07) is 15.5. The highest BCUT2D eigenvalue weighted by Gasteiger charge is 2.28. The Bertz CT molecular complexity index is 1030. The summed E-state index contributed by atoms with van der Waals surface area (Å²) in [6.07, 6.45) is 3.89. The zero-order chi connectivity index (χ0) is 22.6. The minimum atomic E-state index is -3.43. The second-order valence-electron chi connectivity index (χ2n) is 8.98. The van der Waals surface area contributed by atoms with Gasteiger partial charge in [0.1, 0.15) is 0 Å². The third kappa shape index (κ3) is 6.18. The summed E-state index contributed by atoms with van der Waals surface area (Å²) in [7, 11) is -3.43. The van der Waals surface area contributed by atoms with Crippen molar-refractivity contribution in [3.05, 3.63) is 65.2 Å². The Hall–Kier alpha value is -2.22. The van der Waals surface area contributed by atoms with Crippen LogP contribution in [0.2, 0.25) is 0 Å². The van der Waals surface area contributed by atoms with E-state index < -0.39 is 10.0 Å². The third-order valence-electron chi connectivity index (χ3n) is 6.36. The summed E-state index contributed by atoms with van der Waals surface area (Å²) in [5.74, 6) is 0.176. The molecule has 7 heteroatoms. The van der Waals surface area contributed by atoms with Gasteiger partial charge in [-0.05, 0) is 61.4 Å². The lowest BCUT2D eigenvalue weighted by molar-refractivity contribution is -0.131. The zero-order valence-corrected chi connectivity index (χ0v) is 19.6. The second-order valence-corrected chi connectivity index (χ2v) is 10.7. The number of sulfonamides is 1. The summed E-state index contributed by atoms with van der Waals surface area (Å²) in [5.41, 5.74) is 3.65. The monoisotopic (exact) mass is 455 g/mol. The van der Waals surface area contributed by atoms with Gasteiger partial charge in [-0.2, -0.15) is 0 Å². The molecule has 1 aliphatic carbocycles. The maximum absolute atomic E-state index is 12.8. The van der Waals surface area contributed by atoms with Gasteiger partial charge in [-0.25, -0.2) is 13.1 Å². The molecule has 1 saturated heterocycles. The summed E-state index contributed by atoms with van der Waals surface area (Å²) < 4.78 is 27.3. The highest BCUT2D eigenvalue weighted by atomic mass is 32.2. The molecule has 2 aliphatic rings. The molecule has 1 saturated carbocycles. The van der Waals surface area contributed by atoms with Crippen molar-refractivity contribution in [2.24, 2.45) is 0 Å². The van der Waals surface area contributed by atoms with Gasteiger partial charge in [0, 0.05) is 45.2 Å². The molecule has 4 rings (SSSR count). The Labute approximate surface area is 191 Å². The van der Waals surface area contributed by atoms with E-state index in [1.807, 2.05) is 17.0 Å². The van der Waals surface area contributed by atoms with Gasteiger partial charge in [0.05, 0.1) is 4.90 Å². The number of aryl methyl sites for hydroxylation is 2. The molecule has 0 atom stereocenters. The molecule has 2 aromatic carbocycles. The van der Waals surface area contributed by atoms with Gasteiger partial charge in [0.15, 0.2) is 0 Å². The van der Waals surface area contributed by atoms with Crippen molar-refractivity contribution in [2.75, 3.05) is 26.2 Å². The first kappa shape index (κ1) is 23.0. The first-order chi connectivity index (χ1) is 15.4. The number of carbonyl (C=O) groups excluding carboxylic acids is 1. The summed E-state index contributed by atoms with van der Waals surface area (Å²) in [6.45, 7) is 6.53. The van der Waals surface area contributed by atoms with Crippen LogP contribution in [0, 0.1) is 6.92 Å². The van der Waals surface area contributed by atoms with Crippen molar-refractivity contribution in [2.45, 2.75) is 56.5 Å². The molecule has 0 bridgehead atoms. The van der Waals surface area contributed by atoms with Crippen LogP contribution in [0.25, 0.3) is 0 Å². The molecule has 1 amide bonds. The summed E-state index contributed by atoms with van der Waals surface area (Å²) >= 11 is 0. The van der Waals surface area contributed by atoms with E-state index in [0.717, 1.165) is 57.5 Å². The van der Waals surface area contributed by atoms with Crippen molar-refractivity contribution in [1.82, 2.24) is 14.5 Å². The van der Waals surface area contributed by atoms with Crippen molar-refractivity contribution in [3.8, 4) is 0 Å². The van der Waals surface area contributed by atoms with E-state index >= 15 is 0 Å². The van der Waals surface area contributed by atoms with Crippen LogP contribution in [0.5, 0.6) is 0 Å². The van der Waals surface area contributed by atoms with Gasteiger partial charge in [-0.15, -0.1) is 0 Å². The Morgan fingerprint density at radius 3 is 2.47 bits per heavy atom. The Balaban J connectivity index is 1.25. The molecule has 1 heterocycles. The highest BCUT2D eigenvalue weighted by molar-refractivity contribution is 7.89. The van der Waals surface area contributed by atoms with Crippen LogP contribution in [0.4, 0.5) is 0 Å². The first-order valence-electron chi connectivity index (χ1n) is 11.6. The minimum absolute atomic E-state index is 0.0959. The van der Waals surface area contributed by atoms with Gasteiger partial charge in [0.2, 0.25) is 15.9 Å². The van der Waals surface area contributed by atoms with E-state index in [1.54, 1.807) is 12.1 Å². The van der Waals surface area contributed by atoms with Crippen LogP contribution in [-0.4, -0.2) is 56.3 Å². The molecule has 2 aromatic rings. The van der Waals surface area contributed by atoms with E-state index in [-0.39, 0.29) is 11.9 Å². The molecule has 0 unspecified atom stereocenters. The average Bonchev–Trinajstić information content (AvgIpc) is 3.61. The molecule has 1 aliphatic heterocycles. The van der Waals surface area contributed by atoms with Crippen molar-refractivity contribution in [3.63, 3.8) is 0 Å². The predicted molar refractivity (Wildman–Crippen MR) is 126 cm³/mol. The minimum Gasteiger partial charge on any atom is -0.341 e. The lowest BCUT2D eigenvalue weighted by Gasteiger charge is -2.22. The fourth-order valence-corrected chi connectivity index (χ4v) is 5.45. The number of rotatable bonds is 8. The largest absolute Gasteiger partial charge is 0.341 e. The number of nitrogens with one attached hydrogen (secondary N) is 1. The highest BCUT2D eigenvalue weighted by Crippen LogP contribution is 2.22. The smallest absolute Gasteiger partial charge is 0.240 e. The normalized spacial score (nSPS) is 17.8. The molecule has 2 fully saturated rings. The van der Waals surface area contributed by atoms with Crippen LogP contribution < -0.4 is 4.72 Å². The number of amides is 1. The SMILES string of the molecule is Cc1ccccc1CN1CCCN(C(=O)CCc2ccc(S(=O)(=O)NC3CC3)cc2)CC1. The van der Waals surface area contributed by atoms with E-state index in [2.05, 4.69) is 40.8 Å². The Kier molecular flexibility index (Phi) is 7.28. The van der Waals surface area contributed by atoms with Crippen LogP contribution in [0.15, 0.2) is 53.4 Å². The van der Waals surface area contributed by atoms with Crippen molar-refractivity contribution >= 4 is 15.9 Å². The molecule has 0 radical (unpaired) electrons. The molecule has 0 spiro atoms. The quantitative estimate of drug-likeness (QED) is 0.664. The first-order valence-corrected chi connectivity index (χ1v) is 13.0. The lowest BCUT2D eigenvalue weighted by atomic mass is 10.1. The standard InChI is InChI=1S/C25H33N3O3S/c1-20-5-2-3-6-22(20)19-27-15-4-16-28(18-17-27)25(29)14-9-21-7-12-24(13-8-21)32(30,31)26-23-10-11-23/h2-3,5-8,12-13,23,26H,4,9-11,14-19H2,1H3. The van der Waals surface area contributed by atoms with Crippen molar-refractivity contribution in [1.29, 1.82) is 0 Å². The topological polar surface area (TPSA) is 69.7 Å². The third-order valence-corrected chi connectivity index (χ3v) is 7.89. The van der Waals surface area contributed by atoms with E-state index in [0.29, 0.717) is 17.7 Å². The van der Waals surface area contributed by atoms with E-state index in [4.69, 9.17) is 0 Å². The molecular formula is C25H33N3O3S. The maximum atomic E-state index is 12.8. The molecule has 0 aromatic heterocycles. The van der Waals surface area contributed by atoms with Gasteiger partial charge in [0.25, 0.3) is 0 Å². The number of carbonyl (C=O) groups is 1. The molecule has 1 N–H and O–H groups in total. The van der Waals surface area contributed by atoms with Gasteiger partial charge >= 0.3 is 0 Å². The number of nitrogens with zero attached hydrogens (tertiary/aromatic N) is 2.